The maximum atomic E-state index is 13.8. The number of nitro benzene ring substituents is 1. The number of benzene rings is 2. The van der Waals surface area contributed by atoms with Crippen LogP contribution in [0.1, 0.15) is 22.9 Å². The third-order valence-electron chi connectivity index (χ3n) is 4.06. The van der Waals surface area contributed by atoms with E-state index in [4.69, 9.17) is 4.74 Å². The molecule has 2 aromatic carbocycles. The molecule has 0 aliphatic heterocycles. The van der Waals surface area contributed by atoms with Crippen molar-refractivity contribution in [3.05, 3.63) is 99.6 Å². The van der Waals surface area contributed by atoms with Gasteiger partial charge in [0.15, 0.2) is 0 Å². The smallest absolute Gasteiger partial charge is 0.269 e. The molecule has 0 amide bonds. The minimum Gasteiger partial charge on any atom is -0.380 e. The van der Waals surface area contributed by atoms with Crippen molar-refractivity contribution in [2.45, 2.75) is 12.6 Å². The maximum Gasteiger partial charge on any atom is 0.269 e. The van der Waals surface area contributed by atoms with Crippen LogP contribution in [0.2, 0.25) is 0 Å². The minimum atomic E-state index is -0.453. The van der Waals surface area contributed by atoms with Crippen LogP contribution >= 0.6 is 0 Å². The molecule has 0 aliphatic carbocycles. The number of rotatable bonds is 7. The van der Waals surface area contributed by atoms with Crippen LogP contribution in [-0.4, -0.2) is 17.0 Å². The number of nitrogens with one attached hydrogen (secondary N) is 1. The number of nitrogens with zero attached hydrogens (tertiary/aromatic N) is 2. The van der Waals surface area contributed by atoms with Gasteiger partial charge in [0.05, 0.1) is 23.3 Å². The van der Waals surface area contributed by atoms with Crippen molar-refractivity contribution in [2.24, 2.45) is 0 Å². The van der Waals surface area contributed by atoms with Crippen LogP contribution in [0.5, 0.6) is 0 Å². The first-order valence-electron chi connectivity index (χ1n) is 8.27. The molecule has 3 rings (SSSR count). The van der Waals surface area contributed by atoms with Crippen LogP contribution in [0.15, 0.2) is 66.9 Å². The number of methoxy groups -OCH3 is 1. The number of halogens is 1. The van der Waals surface area contributed by atoms with E-state index >= 15 is 0 Å². The summed E-state index contributed by atoms with van der Waals surface area (Å²) in [6, 6.07) is 15.8. The Morgan fingerprint density at radius 3 is 2.70 bits per heavy atom. The summed E-state index contributed by atoms with van der Waals surface area (Å²) in [5.41, 5.74) is 2.65. The SMILES string of the molecule is COCc1cc([N+](=O)[O-])ccc1NC(c1cccc(F)c1)c1ccccn1. The minimum absolute atomic E-state index is 0.0206. The summed E-state index contributed by atoms with van der Waals surface area (Å²) < 4.78 is 19.0. The van der Waals surface area contributed by atoms with Gasteiger partial charge in [-0.15, -0.1) is 0 Å². The van der Waals surface area contributed by atoms with Crippen molar-refractivity contribution in [1.29, 1.82) is 0 Å². The van der Waals surface area contributed by atoms with E-state index in [1.165, 1.54) is 31.4 Å². The average molecular weight is 367 g/mol. The molecule has 0 aliphatic rings. The van der Waals surface area contributed by atoms with Gasteiger partial charge in [0.2, 0.25) is 0 Å². The number of pyridine rings is 1. The molecule has 0 saturated carbocycles. The molecule has 0 spiro atoms. The quantitative estimate of drug-likeness (QED) is 0.492. The standard InChI is InChI=1S/C20H18FN3O3/c1-27-13-15-12-17(24(25)26)8-9-18(15)23-20(19-7-2-3-10-22-19)14-5-4-6-16(21)11-14/h2-12,20,23H,13H2,1H3. The molecule has 3 aromatic rings. The molecule has 1 atom stereocenters. The summed E-state index contributed by atoms with van der Waals surface area (Å²) in [6.07, 6.45) is 1.66. The van der Waals surface area contributed by atoms with Gasteiger partial charge in [-0.05, 0) is 35.9 Å². The van der Waals surface area contributed by atoms with E-state index in [0.29, 0.717) is 22.5 Å². The van der Waals surface area contributed by atoms with Gasteiger partial charge in [-0.25, -0.2) is 4.39 Å². The van der Waals surface area contributed by atoms with Gasteiger partial charge in [-0.2, -0.15) is 0 Å². The Morgan fingerprint density at radius 2 is 2.04 bits per heavy atom. The number of non-ortho nitro benzene ring substituents is 1. The molecule has 1 heterocycles. The number of nitro groups is 1. The van der Waals surface area contributed by atoms with Gasteiger partial charge >= 0.3 is 0 Å². The fraction of sp³-hybridized carbons (Fsp3) is 0.150. The molecule has 0 bridgehead atoms. The van der Waals surface area contributed by atoms with E-state index in [1.807, 2.05) is 12.1 Å². The lowest BCUT2D eigenvalue weighted by molar-refractivity contribution is -0.384. The second-order valence-electron chi connectivity index (χ2n) is 5.92. The van der Waals surface area contributed by atoms with Crippen LogP contribution in [-0.2, 0) is 11.3 Å². The number of hydrogen-bond acceptors (Lipinski definition) is 5. The molecular weight excluding hydrogens is 349 g/mol. The number of anilines is 1. The topological polar surface area (TPSA) is 77.3 Å². The molecule has 138 valence electrons. The third-order valence-corrected chi connectivity index (χ3v) is 4.06. The molecule has 7 heteroatoms. The molecule has 1 unspecified atom stereocenters. The van der Waals surface area contributed by atoms with Crippen molar-refractivity contribution in [1.82, 2.24) is 4.98 Å². The van der Waals surface area contributed by atoms with Gasteiger partial charge < -0.3 is 10.1 Å². The zero-order valence-corrected chi connectivity index (χ0v) is 14.6. The Bertz CT molecular complexity index is 935. The lowest BCUT2D eigenvalue weighted by Crippen LogP contribution is -2.15. The molecule has 0 saturated heterocycles. The van der Waals surface area contributed by atoms with Crippen LogP contribution < -0.4 is 5.32 Å². The fourth-order valence-electron chi connectivity index (χ4n) is 2.83. The van der Waals surface area contributed by atoms with E-state index < -0.39 is 11.0 Å². The lowest BCUT2D eigenvalue weighted by atomic mass is 10.0. The first-order valence-corrected chi connectivity index (χ1v) is 8.27. The summed E-state index contributed by atoms with van der Waals surface area (Å²) in [7, 11) is 1.52. The van der Waals surface area contributed by atoms with Gasteiger partial charge in [0.1, 0.15) is 5.82 Å². The monoisotopic (exact) mass is 367 g/mol. The van der Waals surface area contributed by atoms with Crippen LogP contribution in [0.4, 0.5) is 15.8 Å². The molecule has 0 radical (unpaired) electrons. The van der Waals surface area contributed by atoms with Gasteiger partial charge in [0, 0.05) is 36.7 Å². The fourth-order valence-corrected chi connectivity index (χ4v) is 2.83. The predicted octanol–water partition coefficient (Wildman–Crippen LogP) is 4.48. The van der Waals surface area contributed by atoms with Gasteiger partial charge in [-0.1, -0.05) is 18.2 Å². The highest BCUT2D eigenvalue weighted by atomic mass is 19.1. The Kier molecular flexibility index (Phi) is 5.73. The Labute approximate surface area is 155 Å². The third kappa shape index (κ3) is 4.45. The molecule has 1 N–H and O–H groups in total. The zero-order valence-electron chi connectivity index (χ0n) is 14.6. The normalized spacial score (nSPS) is 11.8. The molecule has 1 aromatic heterocycles. The van der Waals surface area contributed by atoms with Crippen molar-refractivity contribution in [3.63, 3.8) is 0 Å². The molecule has 27 heavy (non-hydrogen) atoms. The largest absolute Gasteiger partial charge is 0.380 e. The molecule has 0 fully saturated rings. The molecule has 6 nitrogen and oxygen atoms in total. The highest BCUT2D eigenvalue weighted by Crippen LogP contribution is 2.30. The molecular formula is C20H18FN3O3. The number of ether oxygens (including phenoxy) is 1. The van der Waals surface area contributed by atoms with Gasteiger partial charge in [-0.3, -0.25) is 15.1 Å². The Balaban J connectivity index is 2.03. The lowest BCUT2D eigenvalue weighted by Gasteiger charge is -2.22. The van der Waals surface area contributed by atoms with Crippen molar-refractivity contribution >= 4 is 11.4 Å². The van der Waals surface area contributed by atoms with Gasteiger partial charge in [0.25, 0.3) is 5.69 Å². The summed E-state index contributed by atoms with van der Waals surface area (Å²) in [5, 5.41) is 14.4. The van der Waals surface area contributed by atoms with E-state index in [0.717, 1.165) is 0 Å². The highest BCUT2D eigenvalue weighted by Gasteiger charge is 2.19. The van der Waals surface area contributed by atoms with E-state index in [9.17, 15) is 14.5 Å². The first kappa shape index (κ1) is 18.5. The van der Waals surface area contributed by atoms with E-state index in [1.54, 1.807) is 30.5 Å². The zero-order chi connectivity index (χ0) is 19.2. The van der Waals surface area contributed by atoms with Crippen molar-refractivity contribution in [2.75, 3.05) is 12.4 Å². The number of aromatic nitrogens is 1. The highest BCUT2D eigenvalue weighted by molar-refractivity contribution is 5.58. The number of hydrogen-bond donors (Lipinski definition) is 1. The van der Waals surface area contributed by atoms with Crippen LogP contribution in [0, 0.1) is 15.9 Å². The Hall–Kier alpha value is -3.32. The summed E-state index contributed by atoms with van der Waals surface area (Å²) in [6.45, 7) is 0.197. The second kappa shape index (κ2) is 8.37. The summed E-state index contributed by atoms with van der Waals surface area (Å²) in [4.78, 5) is 15.0. The van der Waals surface area contributed by atoms with Crippen molar-refractivity contribution in [3.8, 4) is 0 Å². The summed E-state index contributed by atoms with van der Waals surface area (Å²) in [5.74, 6) is -0.351. The van der Waals surface area contributed by atoms with Crippen LogP contribution in [0.25, 0.3) is 0 Å². The Morgan fingerprint density at radius 1 is 1.19 bits per heavy atom. The summed E-state index contributed by atoms with van der Waals surface area (Å²) >= 11 is 0. The van der Waals surface area contributed by atoms with Crippen LogP contribution in [0.3, 0.4) is 0 Å². The second-order valence-corrected chi connectivity index (χ2v) is 5.92. The maximum absolute atomic E-state index is 13.8. The predicted molar refractivity (Wildman–Crippen MR) is 99.9 cm³/mol. The first-order chi connectivity index (χ1) is 13.1. The van der Waals surface area contributed by atoms with Crippen molar-refractivity contribution < 1.29 is 14.1 Å². The average Bonchev–Trinajstić information content (AvgIpc) is 2.67. The van der Waals surface area contributed by atoms with E-state index in [2.05, 4.69) is 10.3 Å². The van der Waals surface area contributed by atoms with E-state index in [-0.39, 0.29) is 18.1 Å².